The van der Waals surface area contributed by atoms with Gasteiger partial charge in [0.1, 0.15) is 12.4 Å². The number of ether oxygens (including phenoxy) is 1. The highest BCUT2D eigenvalue weighted by molar-refractivity contribution is 5.91. The van der Waals surface area contributed by atoms with Crippen molar-refractivity contribution in [3.63, 3.8) is 0 Å². The number of benzene rings is 1. The number of hydrogen-bond donors (Lipinski definition) is 4. The van der Waals surface area contributed by atoms with E-state index in [1.807, 2.05) is 0 Å². The van der Waals surface area contributed by atoms with Crippen LogP contribution in [0.4, 0.5) is 14.9 Å². The van der Waals surface area contributed by atoms with Crippen LogP contribution in [0.5, 0.6) is 0 Å². The molecule has 1 aliphatic heterocycles. The molecule has 1 aromatic rings. The van der Waals surface area contributed by atoms with Crippen LogP contribution in [-0.2, 0) is 20.7 Å². The summed E-state index contributed by atoms with van der Waals surface area (Å²) in [6.45, 7) is -0.753. The average Bonchev–Trinajstić information content (AvgIpc) is 2.89. The minimum absolute atomic E-state index is 0.0970. The van der Waals surface area contributed by atoms with E-state index in [0.29, 0.717) is 10.5 Å². The summed E-state index contributed by atoms with van der Waals surface area (Å²) in [7, 11) is 1.42. The Balaban J connectivity index is 1.94. The molecular weight excluding hydrogens is 337 g/mol. The number of nitrogens with one attached hydrogen (secondary N) is 2. The third-order valence-electron chi connectivity index (χ3n) is 4.22. The molecule has 4 N–H and O–H groups in total. The smallest absolute Gasteiger partial charge is 0.323 e. The van der Waals surface area contributed by atoms with Gasteiger partial charge in [-0.3, -0.25) is 14.5 Å². The molecule has 2 aliphatic rings. The molecule has 1 aliphatic carbocycles. The largest absolute Gasteiger partial charge is 0.480 e. The number of carboxylic acid groups (broad SMARTS) is 1. The molecule has 0 bridgehead atoms. The average molecular weight is 353 g/mol. The molecule has 3 amide bonds. The lowest BCUT2D eigenvalue weighted by molar-refractivity contribution is -0.242. The van der Waals surface area contributed by atoms with Gasteiger partial charge in [-0.15, -0.1) is 0 Å². The SMILES string of the molecule is CNC(=O)Nc1cc(F)c2c(c1)CC1OC(O)N(CC(=O)O)C(=O)[C@@H]21. The van der Waals surface area contributed by atoms with Crippen molar-refractivity contribution in [3.05, 3.63) is 29.1 Å². The zero-order valence-corrected chi connectivity index (χ0v) is 13.2. The number of carbonyl (C=O) groups is 3. The summed E-state index contributed by atoms with van der Waals surface area (Å²) in [6, 6.07) is 2.08. The van der Waals surface area contributed by atoms with Gasteiger partial charge in [-0.25, -0.2) is 9.18 Å². The number of aliphatic hydroxyl groups is 1. The van der Waals surface area contributed by atoms with E-state index in [1.165, 1.54) is 13.1 Å². The summed E-state index contributed by atoms with van der Waals surface area (Å²) in [5.41, 5.74) is 0.767. The van der Waals surface area contributed by atoms with Gasteiger partial charge >= 0.3 is 12.0 Å². The van der Waals surface area contributed by atoms with Crippen LogP contribution in [0.15, 0.2) is 12.1 Å². The molecular formula is C15H16FN3O6. The highest BCUT2D eigenvalue weighted by Gasteiger charge is 2.49. The lowest BCUT2D eigenvalue weighted by Crippen LogP contribution is -2.54. The number of hydrogen-bond acceptors (Lipinski definition) is 5. The number of carboxylic acids is 1. The second kappa shape index (κ2) is 6.30. The maximum Gasteiger partial charge on any atom is 0.323 e. The summed E-state index contributed by atoms with van der Waals surface area (Å²) < 4.78 is 19.9. The van der Waals surface area contributed by atoms with E-state index in [1.54, 1.807) is 0 Å². The van der Waals surface area contributed by atoms with Gasteiger partial charge in [-0.05, 0) is 17.7 Å². The molecule has 0 aromatic heterocycles. The van der Waals surface area contributed by atoms with Gasteiger partial charge in [0.2, 0.25) is 12.3 Å². The topological polar surface area (TPSA) is 128 Å². The molecule has 3 atom stereocenters. The molecule has 9 nitrogen and oxygen atoms in total. The molecule has 2 unspecified atom stereocenters. The quantitative estimate of drug-likeness (QED) is 0.596. The van der Waals surface area contributed by atoms with Crippen LogP contribution in [0.3, 0.4) is 0 Å². The summed E-state index contributed by atoms with van der Waals surface area (Å²) in [6.07, 6.45) is -2.35. The van der Waals surface area contributed by atoms with Crippen LogP contribution in [0.25, 0.3) is 0 Å². The van der Waals surface area contributed by atoms with Crippen molar-refractivity contribution in [2.24, 2.45) is 0 Å². The maximum absolute atomic E-state index is 14.6. The fraction of sp³-hybridized carbons (Fsp3) is 0.400. The Bertz CT molecular complexity index is 755. The number of aliphatic hydroxyl groups excluding tert-OH is 1. The van der Waals surface area contributed by atoms with E-state index in [9.17, 15) is 23.9 Å². The molecule has 25 heavy (non-hydrogen) atoms. The third kappa shape index (κ3) is 3.01. The molecule has 1 saturated heterocycles. The van der Waals surface area contributed by atoms with Gasteiger partial charge in [0.25, 0.3) is 0 Å². The van der Waals surface area contributed by atoms with Crippen LogP contribution in [0.1, 0.15) is 17.0 Å². The van der Waals surface area contributed by atoms with Crippen molar-refractivity contribution in [2.45, 2.75) is 24.9 Å². The molecule has 0 saturated carbocycles. The van der Waals surface area contributed by atoms with Crippen LogP contribution >= 0.6 is 0 Å². The van der Waals surface area contributed by atoms with E-state index in [4.69, 9.17) is 9.84 Å². The normalized spacial score (nSPS) is 24.5. The van der Waals surface area contributed by atoms with Gasteiger partial charge in [0, 0.05) is 24.7 Å². The highest BCUT2D eigenvalue weighted by Crippen LogP contribution is 2.42. The van der Waals surface area contributed by atoms with Crippen molar-refractivity contribution in [1.82, 2.24) is 10.2 Å². The number of nitrogens with zero attached hydrogens (tertiary/aromatic N) is 1. The second-order valence-corrected chi connectivity index (χ2v) is 5.78. The Kier molecular flexibility index (Phi) is 4.31. The van der Waals surface area contributed by atoms with Crippen LogP contribution in [0.2, 0.25) is 0 Å². The number of urea groups is 1. The maximum atomic E-state index is 14.6. The molecule has 0 radical (unpaired) electrons. The van der Waals surface area contributed by atoms with Crippen LogP contribution < -0.4 is 10.6 Å². The third-order valence-corrected chi connectivity index (χ3v) is 4.22. The zero-order chi connectivity index (χ0) is 18.3. The first-order valence-corrected chi connectivity index (χ1v) is 7.48. The van der Waals surface area contributed by atoms with E-state index < -0.39 is 48.7 Å². The van der Waals surface area contributed by atoms with E-state index in [2.05, 4.69) is 10.6 Å². The summed E-state index contributed by atoms with van der Waals surface area (Å²) in [4.78, 5) is 35.4. The van der Waals surface area contributed by atoms with Crippen molar-refractivity contribution < 1.29 is 33.7 Å². The summed E-state index contributed by atoms with van der Waals surface area (Å²) in [5.74, 6) is -3.78. The summed E-state index contributed by atoms with van der Waals surface area (Å²) in [5, 5.41) is 23.5. The lowest BCUT2D eigenvalue weighted by Gasteiger charge is -2.37. The van der Waals surface area contributed by atoms with Crippen molar-refractivity contribution in [1.29, 1.82) is 0 Å². The van der Waals surface area contributed by atoms with Crippen LogP contribution in [-0.4, -0.2) is 59.1 Å². The van der Waals surface area contributed by atoms with E-state index in [-0.39, 0.29) is 17.7 Å². The Hall–Kier alpha value is -2.72. The first-order chi connectivity index (χ1) is 11.8. The monoisotopic (exact) mass is 353 g/mol. The van der Waals surface area contributed by atoms with E-state index >= 15 is 0 Å². The minimum Gasteiger partial charge on any atom is -0.480 e. The number of rotatable bonds is 3. The molecule has 1 heterocycles. The van der Waals surface area contributed by atoms with E-state index in [0.717, 1.165) is 6.07 Å². The molecule has 1 aromatic carbocycles. The van der Waals surface area contributed by atoms with Gasteiger partial charge in [-0.2, -0.15) is 0 Å². The van der Waals surface area contributed by atoms with Gasteiger partial charge < -0.3 is 25.6 Å². The first kappa shape index (κ1) is 17.1. The van der Waals surface area contributed by atoms with Crippen molar-refractivity contribution in [2.75, 3.05) is 18.9 Å². The fourth-order valence-electron chi connectivity index (χ4n) is 3.21. The lowest BCUT2D eigenvalue weighted by atomic mass is 9.96. The Labute approximate surface area is 141 Å². The van der Waals surface area contributed by atoms with Gasteiger partial charge in [0.15, 0.2) is 0 Å². The number of amides is 3. The fourth-order valence-corrected chi connectivity index (χ4v) is 3.21. The molecule has 134 valence electrons. The number of aliphatic carboxylic acids is 1. The Morgan fingerprint density at radius 2 is 2.16 bits per heavy atom. The first-order valence-electron chi connectivity index (χ1n) is 7.48. The van der Waals surface area contributed by atoms with Gasteiger partial charge in [0.05, 0.1) is 12.0 Å². The molecule has 3 rings (SSSR count). The highest BCUT2D eigenvalue weighted by atomic mass is 19.1. The zero-order valence-electron chi connectivity index (χ0n) is 13.2. The predicted molar refractivity (Wildman–Crippen MR) is 81.2 cm³/mol. The van der Waals surface area contributed by atoms with Crippen molar-refractivity contribution >= 4 is 23.6 Å². The standard InChI is InChI=1S/C15H16FN3O6/c1-17-14(23)18-7-2-6-3-9-12(11(6)8(16)4-7)13(22)19(5-10(20)21)15(24)25-9/h2,4,9,12,15,24H,3,5H2,1H3,(H,20,21)(H2,17,18,23)/t9?,12-,15?/m1/s1. The minimum atomic E-state index is -1.70. The molecule has 0 spiro atoms. The Morgan fingerprint density at radius 3 is 2.80 bits per heavy atom. The number of fused-ring (bicyclic) bond motifs is 3. The predicted octanol–water partition coefficient (Wildman–Crippen LogP) is -0.195. The number of anilines is 1. The molecule has 1 fully saturated rings. The van der Waals surface area contributed by atoms with Gasteiger partial charge in [-0.1, -0.05) is 0 Å². The summed E-state index contributed by atoms with van der Waals surface area (Å²) >= 11 is 0. The van der Waals surface area contributed by atoms with Crippen molar-refractivity contribution in [3.8, 4) is 0 Å². The Morgan fingerprint density at radius 1 is 1.44 bits per heavy atom. The molecule has 10 heteroatoms. The number of halogens is 1. The van der Waals surface area contributed by atoms with Crippen LogP contribution in [0, 0.1) is 5.82 Å². The number of carbonyl (C=O) groups excluding carboxylic acids is 2. The second-order valence-electron chi connectivity index (χ2n) is 5.78.